The Hall–Kier alpha value is -2.13. The Morgan fingerprint density at radius 2 is 1.91 bits per heavy atom. The van der Waals surface area contributed by atoms with Crippen molar-refractivity contribution in [3.8, 4) is 0 Å². The molecular weight excluding hydrogens is 334 g/mol. The second kappa shape index (κ2) is 7.93. The zero-order valence-corrected chi connectivity index (χ0v) is 14.3. The fourth-order valence-corrected chi connectivity index (χ4v) is 3.73. The number of nitrogens with two attached hydrogens (primary N) is 1. The summed E-state index contributed by atoms with van der Waals surface area (Å²) >= 11 is 2.61. The summed E-state index contributed by atoms with van der Waals surface area (Å²) in [5.41, 5.74) is 5.91. The third kappa shape index (κ3) is 5.22. The second-order valence-electron chi connectivity index (χ2n) is 5.00. The molecule has 0 aliphatic carbocycles. The third-order valence-electron chi connectivity index (χ3n) is 2.77. The maximum atomic E-state index is 12.0. The Morgan fingerprint density at radius 1 is 1.22 bits per heavy atom. The lowest BCUT2D eigenvalue weighted by atomic mass is 10.1. The van der Waals surface area contributed by atoms with Gasteiger partial charge in [0, 0.05) is 5.69 Å². The molecule has 0 bridgehead atoms. The first-order chi connectivity index (χ1) is 11.0. The van der Waals surface area contributed by atoms with E-state index in [1.807, 2.05) is 44.2 Å². The van der Waals surface area contributed by atoms with E-state index < -0.39 is 17.2 Å². The van der Waals surface area contributed by atoms with Crippen LogP contribution in [-0.4, -0.2) is 27.4 Å². The minimum atomic E-state index is -0.857. The largest absolute Gasteiger partial charge is 0.351 e. The van der Waals surface area contributed by atoms with Crippen LogP contribution >= 0.6 is 23.1 Å². The van der Waals surface area contributed by atoms with Crippen molar-refractivity contribution in [3.05, 3.63) is 30.3 Å². The number of urea groups is 1. The zero-order chi connectivity index (χ0) is 16.8. The molecule has 4 N–H and O–H groups in total. The van der Waals surface area contributed by atoms with Crippen LogP contribution in [0.4, 0.5) is 15.6 Å². The quantitative estimate of drug-likeness (QED) is 0.690. The molecule has 0 spiro atoms. The van der Waals surface area contributed by atoms with Crippen molar-refractivity contribution >= 4 is 45.9 Å². The number of carbonyl (C=O) groups is 2. The van der Waals surface area contributed by atoms with Crippen molar-refractivity contribution in [2.75, 3.05) is 5.32 Å². The Balaban J connectivity index is 2.04. The fourth-order valence-electron chi connectivity index (χ4n) is 1.75. The fraction of sp³-hybridized carbons (Fsp3) is 0.286. The predicted octanol–water partition coefficient (Wildman–Crippen LogP) is 2.59. The lowest BCUT2D eigenvalue weighted by Gasteiger charge is -2.16. The summed E-state index contributed by atoms with van der Waals surface area (Å²) in [7, 11) is 0. The highest BCUT2D eigenvalue weighted by molar-refractivity contribution is 8.02. The van der Waals surface area contributed by atoms with E-state index in [9.17, 15) is 9.59 Å². The monoisotopic (exact) mass is 351 g/mol. The van der Waals surface area contributed by atoms with Crippen LogP contribution in [0.25, 0.3) is 0 Å². The van der Waals surface area contributed by atoms with Crippen molar-refractivity contribution in [1.82, 2.24) is 15.5 Å². The van der Waals surface area contributed by atoms with Crippen LogP contribution in [0.5, 0.6) is 0 Å². The molecule has 7 nitrogen and oxygen atoms in total. The van der Waals surface area contributed by atoms with Crippen molar-refractivity contribution in [3.63, 3.8) is 0 Å². The number of amides is 3. The van der Waals surface area contributed by atoms with Crippen LogP contribution in [0.15, 0.2) is 34.7 Å². The molecule has 1 atom stereocenters. The van der Waals surface area contributed by atoms with E-state index in [1.54, 1.807) is 0 Å². The van der Waals surface area contributed by atoms with Crippen LogP contribution in [0.2, 0.25) is 0 Å². The van der Waals surface area contributed by atoms with Gasteiger partial charge in [0.05, 0.1) is 5.25 Å². The number of imide groups is 1. The molecule has 1 aromatic heterocycles. The molecule has 0 aliphatic rings. The molecule has 0 fully saturated rings. The van der Waals surface area contributed by atoms with E-state index in [2.05, 4.69) is 20.8 Å². The van der Waals surface area contributed by atoms with Crippen molar-refractivity contribution < 1.29 is 9.59 Å². The highest BCUT2D eigenvalue weighted by Crippen LogP contribution is 2.33. The van der Waals surface area contributed by atoms with E-state index in [1.165, 1.54) is 23.1 Å². The van der Waals surface area contributed by atoms with Crippen LogP contribution in [0, 0.1) is 5.92 Å². The van der Waals surface area contributed by atoms with E-state index in [0.717, 1.165) is 5.69 Å². The smallest absolute Gasteiger partial charge is 0.318 e. The third-order valence-corrected chi connectivity index (χ3v) is 5.24. The SMILES string of the molecule is CC(C)C(Sc1nnc(Nc2ccccc2)s1)C(=O)NC(N)=O. The first kappa shape index (κ1) is 17.2. The highest BCUT2D eigenvalue weighted by Gasteiger charge is 2.26. The van der Waals surface area contributed by atoms with Gasteiger partial charge in [0.2, 0.25) is 11.0 Å². The van der Waals surface area contributed by atoms with Gasteiger partial charge >= 0.3 is 6.03 Å². The summed E-state index contributed by atoms with van der Waals surface area (Å²) < 4.78 is 0.641. The summed E-state index contributed by atoms with van der Waals surface area (Å²) in [5.74, 6) is -0.418. The number of rotatable bonds is 6. The van der Waals surface area contributed by atoms with Crippen LogP contribution in [0.1, 0.15) is 13.8 Å². The molecule has 0 aliphatic heterocycles. The van der Waals surface area contributed by atoms with E-state index in [4.69, 9.17) is 5.73 Å². The van der Waals surface area contributed by atoms with Gasteiger partial charge in [0.15, 0.2) is 4.34 Å². The molecule has 9 heteroatoms. The number of para-hydroxylation sites is 1. The van der Waals surface area contributed by atoms with Crippen LogP contribution in [0.3, 0.4) is 0 Å². The zero-order valence-electron chi connectivity index (χ0n) is 12.6. The maximum Gasteiger partial charge on any atom is 0.318 e. The number of carbonyl (C=O) groups excluding carboxylic acids is 2. The molecular formula is C14H17N5O2S2. The van der Waals surface area contributed by atoms with Gasteiger partial charge in [-0.2, -0.15) is 0 Å². The van der Waals surface area contributed by atoms with E-state index >= 15 is 0 Å². The van der Waals surface area contributed by atoms with Crippen LogP contribution in [-0.2, 0) is 4.79 Å². The number of anilines is 2. The lowest BCUT2D eigenvalue weighted by molar-refractivity contribution is -0.120. The van der Waals surface area contributed by atoms with Crippen molar-refractivity contribution in [1.29, 1.82) is 0 Å². The van der Waals surface area contributed by atoms with Gasteiger partial charge in [-0.05, 0) is 18.1 Å². The summed E-state index contributed by atoms with van der Waals surface area (Å²) in [6.07, 6.45) is 0. The standard InChI is InChI=1S/C14H17N5O2S2/c1-8(2)10(11(20)17-12(15)21)22-14-19-18-13(23-14)16-9-6-4-3-5-7-9/h3-8,10H,1-2H3,(H,16,18)(H3,15,17,20,21). The van der Waals surface area contributed by atoms with Crippen molar-refractivity contribution in [2.24, 2.45) is 11.7 Å². The molecule has 0 saturated heterocycles. The van der Waals surface area contributed by atoms with Gasteiger partial charge < -0.3 is 11.1 Å². The molecule has 2 rings (SSSR count). The number of primary amides is 1. The topological polar surface area (TPSA) is 110 Å². The molecule has 0 radical (unpaired) electrons. The van der Waals surface area contributed by atoms with Gasteiger partial charge in [-0.3, -0.25) is 10.1 Å². The lowest BCUT2D eigenvalue weighted by Crippen LogP contribution is -2.42. The Kier molecular flexibility index (Phi) is 5.94. The van der Waals surface area contributed by atoms with Gasteiger partial charge in [-0.1, -0.05) is 55.1 Å². The molecule has 2 aromatic rings. The van der Waals surface area contributed by atoms with Crippen LogP contribution < -0.4 is 16.4 Å². The van der Waals surface area contributed by atoms with Gasteiger partial charge in [-0.25, -0.2) is 4.79 Å². The summed E-state index contributed by atoms with van der Waals surface area (Å²) in [6, 6.07) is 8.75. The highest BCUT2D eigenvalue weighted by atomic mass is 32.2. The number of thioether (sulfide) groups is 1. The Labute approximate surface area is 142 Å². The molecule has 1 aromatic carbocycles. The molecule has 3 amide bonds. The number of nitrogens with one attached hydrogen (secondary N) is 2. The Bertz CT molecular complexity index is 675. The predicted molar refractivity (Wildman–Crippen MR) is 91.8 cm³/mol. The number of nitrogens with zero attached hydrogens (tertiary/aromatic N) is 2. The van der Waals surface area contributed by atoms with Gasteiger partial charge in [0.25, 0.3) is 0 Å². The van der Waals surface area contributed by atoms with Gasteiger partial charge in [0.1, 0.15) is 0 Å². The second-order valence-corrected chi connectivity index (χ2v) is 7.37. The summed E-state index contributed by atoms with van der Waals surface area (Å²) in [6.45, 7) is 3.78. The molecule has 1 heterocycles. The Morgan fingerprint density at radius 3 is 2.52 bits per heavy atom. The first-order valence-electron chi connectivity index (χ1n) is 6.88. The number of hydrogen-bond acceptors (Lipinski definition) is 7. The minimum absolute atomic E-state index is 0.00813. The number of benzene rings is 1. The average Bonchev–Trinajstić information content (AvgIpc) is 2.92. The minimum Gasteiger partial charge on any atom is -0.351 e. The maximum absolute atomic E-state index is 12.0. The molecule has 0 saturated carbocycles. The van der Waals surface area contributed by atoms with E-state index in [-0.39, 0.29) is 5.92 Å². The average molecular weight is 351 g/mol. The molecule has 1 unspecified atom stereocenters. The molecule has 122 valence electrons. The summed E-state index contributed by atoms with van der Waals surface area (Å²) in [4.78, 5) is 22.8. The van der Waals surface area contributed by atoms with E-state index in [0.29, 0.717) is 9.47 Å². The normalized spacial score (nSPS) is 12.0. The number of hydrogen-bond donors (Lipinski definition) is 3. The van der Waals surface area contributed by atoms with Crippen molar-refractivity contribution in [2.45, 2.75) is 23.4 Å². The first-order valence-corrected chi connectivity index (χ1v) is 8.58. The number of aromatic nitrogens is 2. The molecule has 23 heavy (non-hydrogen) atoms. The van der Waals surface area contributed by atoms with Gasteiger partial charge in [-0.15, -0.1) is 10.2 Å². The summed E-state index contributed by atoms with van der Waals surface area (Å²) in [5, 5.41) is 13.5.